The summed E-state index contributed by atoms with van der Waals surface area (Å²) in [6.07, 6.45) is 3.37. The van der Waals surface area contributed by atoms with Gasteiger partial charge in [-0.1, -0.05) is 0 Å². The first-order valence-electron chi connectivity index (χ1n) is 5.56. The molecule has 90 valence electrons. The van der Waals surface area contributed by atoms with E-state index in [0.29, 0.717) is 18.8 Å². The summed E-state index contributed by atoms with van der Waals surface area (Å²) >= 11 is 0. The van der Waals surface area contributed by atoms with Crippen LogP contribution < -0.4 is 15.8 Å². The van der Waals surface area contributed by atoms with E-state index in [1.807, 2.05) is 31.2 Å². The molecule has 0 bridgehead atoms. The zero-order chi connectivity index (χ0) is 12.1. The first-order valence-corrected chi connectivity index (χ1v) is 5.56. The summed E-state index contributed by atoms with van der Waals surface area (Å²) < 4.78 is 10.4. The van der Waals surface area contributed by atoms with E-state index < -0.39 is 0 Å². The molecule has 0 atom stereocenters. The molecule has 2 rings (SSSR count). The summed E-state index contributed by atoms with van der Waals surface area (Å²) in [5.74, 6) is 0.780. The third kappa shape index (κ3) is 3.17. The fraction of sp³-hybridized carbons (Fsp3) is 0.231. The molecule has 0 saturated carbocycles. The maximum Gasteiger partial charge on any atom is 0.123 e. The van der Waals surface area contributed by atoms with Gasteiger partial charge in [0.15, 0.2) is 0 Å². The number of rotatable bonds is 5. The minimum atomic E-state index is 0.630. The van der Waals surface area contributed by atoms with Crippen LogP contribution >= 0.6 is 0 Å². The lowest BCUT2D eigenvalue weighted by molar-refractivity contribution is 0.340. The van der Waals surface area contributed by atoms with Gasteiger partial charge in [0.1, 0.15) is 5.75 Å². The van der Waals surface area contributed by atoms with E-state index in [1.54, 1.807) is 12.5 Å². The van der Waals surface area contributed by atoms with Crippen molar-refractivity contribution in [1.82, 2.24) is 0 Å². The van der Waals surface area contributed by atoms with E-state index in [9.17, 15) is 0 Å². The first-order chi connectivity index (χ1) is 8.28. The molecule has 0 saturated heterocycles. The number of nitrogens with two attached hydrogens (primary N) is 1. The van der Waals surface area contributed by atoms with Crippen LogP contribution in [0.5, 0.6) is 5.75 Å². The van der Waals surface area contributed by atoms with Crippen molar-refractivity contribution >= 4 is 11.4 Å². The highest BCUT2D eigenvalue weighted by atomic mass is 16.5. The van der Waals surface area contributed by atoms with Gasteiger partial charge in [0, 0.05) is 35.6 Å². The minimum Gasteiger partial charge on any atom is -0.494 e. The Morgan fingerprint density at radius 3 is 2.94 bits per heavy atom. The molecular weight excluding hydrogens is 216 g/mol. The molecule has 4 nitrogen and oxygen atoms in total. The number of furan rings is 1. The number of anilines is 2. The molecule has 4 heteroatoms. The van der Waals surface area contributed by atoms with Crippen molar-refractivity contribution in [3.63, 3.8) is 0 Å². The number of nitrogen functional groups attached to an aromatic ring is 1. The number of nitrogens with one attached hydrogen (secondary N) is 1. The second-order valence-electron chi connectivity index (χ2n) is 3.71. The van der Waals surface area contributed by atoms with Gasteiger partial charge in [-0.3, -0.25) is 0 Å². The summed E-state index contributed by atoms with van der Waals surface area (Å²) in [4.78, 5) is 0. The standard InChI is InChI=1S/C13H16N2O2/c1-2-17-13-6-11(14)5-12(7-13)15-8-10-3-4-16-9-10/h3-7,9,15H,2,8,14H2,1H3. The summed E-state index contributed by atoms with van der Waals surface area (Å²) in [5, 5.41) is 3.27. The molecule has 0 radical (unpaired) electrons. The maximum absolute atomic E-state index is 5.80. The molecule has 0 amide bonds. The monoisotopic (exact) mass is 232 g/mol. The lowest BCUT2D eigenvalue weighted by atomic mass is 10.2. The third-order valence-electron chi connectivity index (χ3n) is 2.32. The molecule has 1 heterocycles. The van der Waals surface area contributed by atoms with Crippen molar-refractivity contribution in [1.29, 1.82) is 0 Å². The van der Waals surface area contributed by atoms with Crippen molar-refractivity contribution in [2.75, 3.05) is 17.7 Å². The summed E-state index contributed by atoms with van der Waals surface area (Å²) in [6, 6.07) is 7.54. The Morgan fingerprint density at radius 2 is 2.24 bits per heavy atom. The molecule has 0 aliphatic carbocycles. The van der Waals surface area contributed by atoms with Crippen LogP contribution in [-0.2, 0) is 6.54 Å². The molecule has 0 unspecified atom stereocenters. The Morgan fingerprint density at radius 1 is 1.35 bits per heavy atom. The predicted molar refractivity (Wildman–Crippen MR) is 68.1 cm³/mol. The predicted octanol–water partition coefficient (Wildman–Crippen LogP) is 2.87. The molecular formula is C13H16N2O2. The third-order valence-corrected chi connectivity index (χ3v) is 2.32. The summed E-state index contributed by atoms with van der Waals surface area (Å²) in [6.45, 7) is 3.28. The molecule has 2 aromatic rings. The van der Waals surface area contributed by atoms with Crippen molar-refractivity contribution < 1.29 is 9.15 Å². The van der Waals surface area contributed by atoms with Crippen LogP contribution in [0, 0.1) is 0 Å². The van der Waals surface area contributed by atoms with Gasteiger partial charge in [-0.2, -0.15) is 0 Å². The number of hydrogen-bond acceptors (Lipinski definition) is 4. The molecule has 0 aliphatic heterocycles. The van der Waals surface area contributed by atoms with Crippen molar-refractivity contribution in [3.8, 4) is 5.75 Å². The van der Waals surface area contributed by atoms with E-state index in [0.717, 1.165) is 17.0 Å². The Bertz CT molecular complexity index is 466. The summed E-state index contributed by atoms with van der Waals surface area (Å²) in [5.41, 5.74) is 8.51. The zero-order valence-corrected chi connectivity index (χ0v) is 9.77. The molecule has 1 aromatic heterocycles. The Kier molecular flexibility index (Phi) is 3.55. The Labute approximate surface area is 100 Å². The van der Waals surface area contributed by atoms with E-state index in [2.05, 4.69) is 5.32 Å². The van der Waals surface area contributed by atoms with Crippen LogP contribution in [0.1, 0.15) is 12.5 Å². The van der Waals surface area contributed by atoms with E-state index in [-0.39, 0.29) is 0 Å². The highest BCUT2D eigenvalue weighted by molar-refractivity contribution is 5.59. The molecule has 0 spiro atoms. The number of ether oxygens (including phenoxy) is 1. The molecule has 0 fully saturated rings. The van der Waals surface area contributed by atoms with Gasteiger partial charge < -0.3 is 20.2 Å². The van der Waals surface area contributed by atoms with Crippen LogP contribution in [0.2, 0.25) is 0 Å². The summed E-state index contributed by atoms with van der Waals surface area (Å²) in [7, 11) is 0. The average Bonchev–Trinajstić information content (AvgIpc) is 2.79. The van der Waals surface area contributed by atoms with E-state index >= 15 is 0 Å². The largest absolute Gasteiger partial charge is 0.494 e. The van der Waals surface area contributed by atoms with Crippen molar-refractivity contribution in [2.24, 2.45) is 0 Å². The molecule has 17 heavy (non-hydrogen) atoms. The van der Waals surface area contributed by atoms with E-state index in [1.165, 1.54) is 0 Å². The minimum absolute atomic E-state index is 0.630. The Hall–Kier alpha value is -2.10. The van der Waals surface area contributed by atoms with Crippen molar-refractivity contribution in [2.45, 2.75) is 13.5 Å². The second kappa shape index (κ2) is 5.30. The van der Waals surface area contributed by atoms with Crippen molar-refractivity contribution in [3.05, 3.63) is 42.4 Å². The van der Waals surface area contributed by atoms with Gasteiger partial charge in [0.05, 0.1) is 19.1 Å². The van der Waals surface area contributed by atoms with Crippen LogP contribution in [0.4, 0.5) is 11.4 Å². The highest BCUT2D eigenvalue weighted by Gasteiger charge is 2.00. The lowest BCUT2D eigenvalue weighted by Gasteiger charge is -2.09. The van der Waals surface area contributed by atoms with Gasteiger partial charge >= 0.3 is 0 Å². The Balaban J connectivity index is 2.04. The van der Waals surface area contributed by atoms with Crippen LogP contribution in [0.3, 0.4) is 0 Å². The van der Waals surface area contributed by atoms with Gasteiger partial charge in [0.25, 0.3) is 0 Å². The zero-order valence-electron chi connectivity index (χ0n) is 9.77. The van der Waals surface area contributed by atoms with Gasteiger partial charge in [-0.15, -0.1) is 0 Å². The molecule has 0 aliphatic rings. The second-order valence-corrected chi connectivity index (χ2v) is 3.71. The first kappa shape index (κ1) is 11.4. The van der Waals surface area contributed by atoms with Crippen LogP contribution in [0.25, 0.3) is 0 Å². The van der Waals surface area contributed by atoms with Gasteiger partial charge in [0.2, 0.25) is 0 Å². The fourth-order valence-corrected chi connectivity index (χ4v) is 1.57. The normalized spacial score (nSPS) is 10.2. The highest BCUT2D eigenvalue weighted by Crippen LogP contribution is 2.23. The number of hydrogen-bond donors (Lipinski definition) is 2. The topological polar surface area (TPSA) is 60.4 Å². The smallest absolute Gasteiger partial charge is 0.123 e. The van der Waals surface area contributed by atoms with Crippen LogP contribution in [-0.4, -0.2) is 6.61 Å². The fourth-order valence-electron chi connectivity index (χ4n) is 1.57. The average molecular weight is 232 g/mol. The molecule has 3 N–H and O–H groups in total. The molecule has 1 aromatic carbocycles. The van der Waals surface area contributed by atoms with E-state index in [4.69, 9.17) is 14.9 Å². The van der Waals surface area contributed by atoms with Crippen LogP contribution in [0.15, 0.2) is 41.2 Å². The SMILES string of the molecule is CCOc1cc(N)cc(NCc2ccoc2)c1. The quantitative estimate of drug-likeness (QED) is 0.778. The maximum atomic E-state index is 5.80. The lowest BCUT2D eigenvalue weighted by Crippen LogP contribution is -2.00. The van der Waals surface area contributed by atoms with Gasteiger partial charge in [-0.25, -0.2) is 0 Å². The number of benzene rings is 1. The van der Waals surface area contributed by atoms with Gasteiger partial charge in [-0.05, 0) is 19.1 Å².